The van der Waals surface area contributed by atoms with Crippen molar-refractivity contribution in [3.05, 3.63) is 63.7 Å². The fourth-order valence-corrected chi connectivity index (χ4v) is 3.24. The average molecular weight is 354 g/mol. The fraction of sp³-hybridized carbons (Fsp3) is 0.435. The molecule has 3 nitrogen and oxygen atoms in total. The molecule has 140 valence electrons. The number of benzene rings is 2. The number of amides is 1. The van der Waals surface area contributed by atoms with E-state index in [-0.39, 0.29) is 11.9 Å². The lowest BCUT2D eigenvalue weighted by molar-refractivity contribution is -0.128. The Morgan fingerprint density at radius 1 is 0.962 bits per heavy atom. The zero-order chi connectivity index (χ0) is 19.4. The fourth-order valence-electron chi connectivity index (χ4n) is 3.24. The Labute approximate surface area is 157 Å². The van der Waals surface area contributed by atoms with Crippen LogP contribution in [0, 0.1) is 34.6 Å². The maximum atomic E-state index is 12.8. The van der Waals surface area contributed by atoms with Gasteiger partial charge < -0.3 is 10.1 Å². The molecule has 0 saturated heterocycles. The van der Waals surface area contributed by atoms with E-state index in [1.807, 2.05) is 39.8 Å². The number of aryl methyl sites for hydroxylation is 5. The summed E-state index contributed by atoms with van der Waals surface area (Å²) in [4.78, 5) is 12.8. The van der Waals surface area contributed by atoms with E-state index in [1.165, 1.54) is 22.3 Å². The summed E-state index contributed by atoms with van der Waals surface area (Å²) in [7, 11) is 0. The van der Waals surface area contributed by atoms with Crippen molar-refractivity contribution in [1.29, 1.82) is 0 Å². The van der Waals surface area contributed by atoms with Gasteiger partial charge in [-0.3, -0.25) is 4.79 Å². The largest absolute Gasteiger partial charge is 0.480 e. The standard InChI is InChI=1S/C23H31NO2/c1-8-21(26-22-10-9-14(2)11-18(22)6)23(25)24-19(7)20-13-16(4)15(3)12-17(20)5/h9-13,19,21H,8H2,1-7H3,(H,24,25)/t19-,21+/m0/s1. The number of carbonyl (C=O) groups is 1. The van der Waals surface area contributed by atoms with Gasteiger partial charge in [-0.05, 0) is 81.8 Å². The van der Waals surface area contributed by atoms with E-state index in [2.05, 4.69) is 44.3 Å². The number of rotatable bonds is 6. The Bertz CT molecular complexity index is 795. The molecule has 2 rings (SSSR count). The lowest BCUT2D eigenvalue weighted by Gasteiger charge is -2.23. The average Bonchev–Trinajstić information content (AvgIpc) is 2.57. The summed E-state index contributed by atoms with van der Waals surface area (Å²) in [5.41, 5.74) is 7.10. The molecule has 0 bridgehead atoms. The van der Waals surface area contributed by atoms with Crippen LogP contribution in [0.3, 0.4) is 0 Å². The molecule has 0 aliphatic rings. The highest BCUT2D eigenvalue weighted by molar-refractivity contribution is 5.81. The highest BCUT2D eigenvalue weighted by atomic mass is 16.5. The maximum absolute atomic E-state index is 12.8. The molecule has 0 spiro atoms. The first-order valence-electron chi connectivity index (χ1n) is 9.35. The number of hydrogen-bond donors (Lipinski definition) is 1. The van der Waals surface area contributed by atoms with Crippen molar-refractivity contribution in [2.45, 2.75) is 67.0 Å². The molecule has 2 aromatic rings. The van der Waals surface area contributed by atoms with E-state index in [0.717, 1.165) is 16.9 Å². The highest BCUT2D eigenvalue weighted by Crippen LogP contribution is 2.23. The molecule has 0 fully saturated rings. The van der Waals surface area contributed by atoms with Crippen molar-refractivity contribution in [1.82, 2.24) is 5.32 Å². The molecule has 0 radical (unpaired) electrons. The van der Waals surface area contributed by atoms with E-state index in [0.29, 0.717) is 6.42 Å². The van der Waals surface area contributed by atoms with Gasteiger partial charge in [0.2, 0.25) is 0 Å². The van der Waals surface area contributed by atoms with Crippen LogP contribution in [-0.2, 0) is 4.79 Å². The zero-order valence-electron chi connectivity index (χ0n) is 17.1. The summed E-state index contributed by atoms with van der Waals surface area (Å²) in [5.74, 6) is 0.699. The molecule has 26 heavy (non-hydrogen) atoms. The topological polar surface area (TPSA) is 38.3 Å². The normalized spacial score (nSPS) is 13.2. The van der Waals surface area contributed by atoms with Gasteiger partial charge in [0, 0.05) is 0 Å². The lowest BCUT2D eigenvalue weighted by atomic mass is 9.96. The van der Waals surface area contributed by atoms with Gasteiger partial charge in [0.15, 0.2) is 6.10 Å². The molecule has 1 amide bonds. The van der Waals surface area contributed by atoms with Crippen LogP contribution in [-0.4, -0.2) is 12.0 Å². The minimum absolute atomic E-state index is 0.0569. The van der Waals surface area contributed by atoms with Gasteiger partial charge in [0.1, 0.15) is 5.75 Å². The van der Waals surface area contributed by atoms with Gasteiger partial charge in [0.25, 0.3) is 5.91 Å². The summed E-state index contributed by atoms with van der Waals surface area (Å²) < 4.78 is 6.01. The minimum atomic E-state index is -0.495. The smallest absolute Gasteiger partial charge is 0.261 e. The van der Waals surface area contributed by atoms with Crippen LogP contribution < -0.4 is 10.1 Å². The molecular formula is C23H31NO2. The van der Waals surface area contributed by atoms with Gasteiger partial charge in [0.05, 0.1) is 6.04 Å². The van der Waals surface area contributed by atoms with Gasteiger partial charge in [-0.1, -0.05) is 36.8 Å². The second-order valence-electron chi connectivity index (χ2n) is 7.31. The van der Waals surface area contributed by atoms with E-state index < -0.39 is 6.10 Å². The van der Waals surface area contributed by atoms with Crippen LogP contribution in [0.5, 0.6) is 5.75 Å². The summed E-state index contributed by atoms with van der Waals surface area (Å²) in [6.45, 7) is 14.4. The molecule has 2 atom stereocenters. The van der Waals surface area contributed by atoms with Crippen molar-refractivity contribution in [2.75, 3.05) is 0 Å². The molecule has 0 heterocycles. The van der Waals surface area contributed by atoms with Gasteiger partial charge in [-0.15, -0.1) is 0 Å². The van der Waals surface area contributed by atoms with Crippen LogP contribution in [0.15, 0.2) is 30.3 Å². The molecule has 0 aromatic heterocycles. The Hall–Kier alpha value is -2.29. The van der Waals surface area contributed by atoms with E-state index in [9.17, 15) is 4.79 Å². The minimum Gasteiger partial charge on any atom is -0.480 e. The van der Waals surface area contributed by atoms with Crippen LogP contribution in [0.2, 0.25) is 0 Å². The zero-order valence-corrected chi connectivity index (χ0v) is 17.1. The Morgan fingerprint density at radius 2 is 1.62 bits per heavy atom. The SMILES string of the molecule is CC[C@@H](Oc1ccc(C)cc1C)C(=O)N[C@@H](C)c1cc(C)c(C)cc1C. The highest BCUT2D eigenvalue weighted by Gasteiger charge is 2.22. The van der Waals surface area contributed by atoms with Gasteiger partial charge in [-0.2, -0.15) is 0 Å². The van der Waals surface area contributed by atoms with Crippen molar-refractivity contribution in [3.8, 4) is 5.75 Å². The van der Waals surface area contributed by atoms with Gasteiger partial charge >= 0.3 is 0 Å². The molecule has 0 aliphatic carbocycles. The Balaban J connectivity index is 2.12. The molecule has 0 saturated carbocycles. The monoisotopic (exact) mass is 353 g/mol. The Morgan fingerprint density at radius 3 is 2.23 bits per heavy atom. The predicted molar refractivity (Wildman–Crippen MR) is 108 cm³/mol. The van der Waals surface area contributed by atoms with Crippen LogP contribution in [0.25, 0.3) is 0 Å². The molecule has 1 N–H and O–H groups in total. The third-order valence-corrected chi connectivity index (χ3v) is 4.97. The van der Waals surface area contributed by atoms with E-state index >= 15 is 0 Å². The Kier molecular flexibility index (Phi) is 6.47. The van der Waals surface area contributed by atoms with Gasteiger partial charge in [-0.25, -0.2) is 0 Å². The molecular weight excluding hydrogens is 322 g/mol. The molecule has 3 heteroatoms. The van der Waals surface area contributed by atoms with Crippen LogP contribution >= 0.6 is 0 Å². The van der Waals surface area contributed by atoms with Crippen molar-refractivity contribution in [2.24, 2.45) is 0 Å². The van der Waals surface area contributed by atoms with E-state index in [4.69, 9.17) is 4.74 Å². The lowest BCUT2D eigenvalue weighted by Crippen LogP contribution is -2.39. The van der Waals surface area contributed by atoms with E-state index in [1.54, 1.807) is 0 Å². The number of hydrogen-bond acceptors (Lipinski definition) is 2. The third kappa shape index (κ3) is 4.66. The van der Waals surface area contributed by atoms with Crippen molar-refractivity contribution in [3.63, 3.8) is 0 Å². The third-order valence-electron chi connectivity index (χ3n) is 4.97. The molecule has 0 unspecified atom stereocenters. The van der Waals surface area contributed by atoms with Crippen LogP contribution in [0.4, 0.5) is 0 Å². The number of ether oxygens (including phenoxy) is 1. The molecule has 2 aromatic carbocycles. The van der Waals surface area contributed by atoms with Crippen molar-refractivity contribution < 1.29 is 9.53 Å². The predicted octanol–water partition coefficient (Wildman–Crippen LogP) is 5.26. The first kappa shape index (κ1) is 20.0. The van der Waals surface area contributed by atoms with Crippen molar-refractivity contribution >= 4 is 5.91 Å². The maximum Gasteiger partial charge on any atom is 0.261 e. The summed E-state index contributed by atoms with van der Waals surface area (Å²) in [6.07, 6.45) is 0.128. The molecule has 0 aliphatic heterocycles. The number of carbonyl (C=O) groups excluding carboxylic acids is 1. The second-order valence-corrected chi connectivity index (χ2v) is 7.31. The first-order chi connectivity index (χ1) is 12.2. The summed E-state index contributed by atoms with van der Waals surface area (Å²) in [6, 6.07) is 10.3. The summed E-state index contributed by atoms with van der Waals surface area (Å²) in [5, 5.41) is 3.12. The summed E-state index contributed by atoms with van der Waals surface area (Å²) >= 11 is 0. The van der Waals surface area contributed by atoms with Crippen LogP contribution in [0.1, 0.15) is 59.7 Å². The quantitative estimate of drug-likeness (QED) is 0.769. The first-order valence-corrected chi connectivity index (χ1v) is 9.35. The number of nitrogens with one attached hydrogen (secondary N) is 1. The second kappa shape index (κ2) is 8.39.